The summed E-state index contributed by atoms with van der Waals surface area (Å²) in [6.07, 6.45) is 0. The highest BCUT2D eigenvalue weighted by Crippen LogP contribution is 2.15. The topological polar surface area (TPSA) is 36.0 Å². The number of likely N-dealkylation sites (N-methyl/N-ethyl adjacent to an activating group) is 1. The molecule has 5 heteroatoms. The van der Waals surface area contributed by atoms with Gasteiger partial charge in [-0.25, -0.2) is 0 Å². The van der Waals surface area contributed by atoms with Crippen molar-refractivity contribution in [2.75, 3.05) is 46.4 Å². The number of hydrogen-bond acceptors (Lipinski definition) is 4. The Labute approximate surface area is 174 Å². The molecule has 0 unspecified atom stereocenters. The van der Waals surface area contributed by atoms with Gasteiger partial charge in [0.2, 0.25) is 5.91 Å². The molecule has 0 saturated carbocycles. The maximum absolute atomic E-state index is 12.8. The van der Waals surface area contributed by atoms with E-state index >= 15 is 0 Å². The van der Waals surface area contributed by atoms with Crippen LogP contribution in [-0.2, 0) is 17.9 Å². The highest BCUT2D eigenvalue weighted by Gasteiger charge is 2.22. The molecule has 1 aliphatic heterocycles. The second-order valence-electron chi connectivity index (χ2n) is 7.73. The zero-order valence-corrected chi connectivity index (χ0v) is 17.9. The van der Waals surface area contributed by atoms with Crippen LogP contribution in [-0.4, -0.2) is 67.0 Å². The monoisotopic (exact) mass is 395 g/mol. The molecule has 2 aromatic rings. The molecule has 1 fully saturated rings. The Morgan fingerprint density at radius 1 is 1.03 bits per heavy atom. The van der Waals surface area contributed by atoms with Crippen LogP contribution in [0.15, 0.2) is 48.5 Å². The first kappa shape index (κ1) is 21.3. The summed E-state index contributed by atoms with van der Waals surface area (Å²) in [5.74, 6) is 1.12. The van der Waals surface area contributed by atoms with Gasteiger partial charge in [0.1, 0.15) is 5.75 Å². The molecule has 1 heterocycles. The maximum atomic E-state index is 12.8. The molecule has 0 N–H and O–H groups in total. The summed E-state index contributed by atoms with van der Waals surface area (Å²) in [5.41, 5.74) is 3.86. The van der Waals surface area contributed by atoms with E-state index in [9.17, 15) is 4.79 Å². The van der Waals surface area contributed by atoms with Gasteiger partial charge in [-0.2, -0.15) is 0 Å². The normalized spacial score (nSPS) is 15.0. The Bertz CT molecular complexity index is 783. The molecular formula is C24H33N3O2. The molecule has 3 rings (SSSR count). The van der Waals surface area contributed by atoms with Gasteiger partial charge in [0.25, 0.3) is 0 Å². The van der Waals surface area contributed by atoms with Gasteiger partial charge in [0.15, 0.2) is 0 Å². The minimum atomic E-state index is 0.240. The molecule has 1 saturated heterocycles. The lowest BCUT2D eigenvalue weighted by Gasteiger charge is -2.36. The van der Waals surface area contributed by atoms with Crippen molar-refractivity contribution in [2.24, 2.45) is 0 Å². The fourth-order valence-electron chi connectivity index (χ4n) is 3.74. The molecule has 0 spiro atoms. The molecule has 156 valence electrons. The number of nitrogens with zero attached hydrogens (tertiary/aromatic N) is 3. The molecule has 0 aliphatic carbocycles. The van der Waals surface area contributed by atoms with E-state index in [1.54, 1.807) is 7.11 Å². The standard InChI is InChI=1S/C24H33N3O2/c1-4-25(18-22-8-6-5-7-20(22)2)19-24(28)27-15-13-26(14-16-27)17-21-9-11-23(29-3)12-10-21/h5-12H,4,13-19H2,1-3H3. The largest absolute Gasteiger partial charge is 0.497 e. The van der Waals surface area contributed by atoms with Crippen molar-refractivity contribution in [3.05, 3.63) is 65.2 Å². The quantitative estimate of drug-likeness (QED) is 0.688. The third-order valence-corrected chi connectivity index (χ3v) is 5.75. The second kappa shape index (κ2) is 10.4. The summed E-state index contributed by atoms with van der Waals surface area (Å²) in [6, 6.07) is 16.6. The molecule has 2 aromatic carbocycles. The first-order valence-electron chi connectivity index (χ1n) is 10.5. The number of ether oxygens (including phenoxy) is 1. The number of aryl methyl sites for hydroxylation is 1. The minimum Gasteiger partial charge on any atom is -0.497 e. The van der Waals surface area contributed by atoms with E-state index in [0.29, 0.717) is 6.54 Å². The highest BCUT2D eigenvalue weighted by molar-refractivity contribution is 5.78. The fraction of sp³-hybridized carbons (Fsp3) is 0.458. The van der Waals surface area contributed by atoms with Crippen LogP contribution >= 0.6 is 0 Å². The molecule has 29 heavy (non-hydrogen) atoms. The zero-order valence-electron chi connectivity index (χ0n) is 17.9. The molecular weight excluding hydrogens is 362 g/mol. The molecule has 0 aromatic heterocycles. The Hall–Kier alpha value is -2.37. The number of hydrogen-bond donors (Lipinski definition) is 0. The summed E-state index contributed by atoms with van der Waals surface area (Å²) in [4.78, 5) is 19.5. The lowest BCUT2D eigenvalue weighted by atomic mass is 10.1. The number of piperazine rings is 1. The SMILES string of the molecule is CCN(CC(=O)N1CCN(Cc2ccc(OC)cc2)CC1)Cc1ccccc1C. The summed E-state index contributed by atoms with van der Waals surface area (Å²) in [5, 5.41) is 0. The first-order chi connectivity index (χ1) is 14.1. The van der Waals surface area contributed by atoms with Gasteiger partial charge in [-0.3, -0.25) is 14.6 Å². The van der Waals surface area contributed by atoms with Crippen molar-refractivity contribution >= 4 is 5.91 Å². The van der Waals surface area contributed by atoms with Gasteiger partial charge < -0.3 is 9.64 Å². The van der Waals surface area contributed by atoms with E-state index in [2.05, 4.69) is 60.0 Å². The number of amides is 1. The first-order valence-corrected chi connectivity index (χ1v) is 10.5. The van der Waals surface area contributed by atoms with Gasteiger partial charge in [0.05, 0.1) is 13.7 Å². The van der Waals surface area contributed by atoms with Crippen LogP contribution in [0.1, 0.15) is 23.6 Å². The van der Waals surface area contributed by atoms with E-state index < -0.39 is 0 Å². The predicted octanol–water partition coefficient (Wildman–Crippen LogP) is 3.17. The number of carbonyl (C=O) groups is 1. The number of carbonyl (C=O) groups excluding carboxylic acids is 1. The summed E-state index contributed by atoms with van der Waals surface area (Å²) < 4.78 is 5.22. The van der Waals surface area contributed by atoms with Crippen molar-refractivity contribution in [2.45, 2.75) is 26.9 Å². The smallest absolute Gasteiger partial charge is 0.236 e. The van der Waals surface area contributed by atoms with Crippen LogP contribution in [0.2, 0.25) is 0 Å². The minimum absolute atomic E-state index is 0.240. The lowest BCUT2D eigenvalue weighted by Crippen LogP contribution is -2.50. The van der Waals surface area contributed by atoms with E-state index in [-0.39, 0.29) is 5.91 Å². The van der Waals surface area contributed by atoms with Crippen molar-refractivity contribution in [1.29, 1.82) is 0 Å². The van der Waals surface area contributed by atoms with Gasteiger partial charge in [0, 0.05) is 39.3 Å². The zero-order chi connectivity index (χ0) is 20.6. The van der Waals surface area contributed by atoms with Gasteiger partial charge in [-0.1, -0.05) is 43.3 Å². The Morgan fingerprint density at radius 3 is 2.34 bits per heavy atom. The number of methoxy groups -OCH3 is 1. The summed E-state index contributed by atoms with van der Waals surface area (Å²) >= 11 is 0. The predicted molar refractivity (Wildman–Crippen MR) is 117 cm³/mol. The van der Waals surface area contributed by atoms with Gasteiger partial charge in [-0.15, -0.1) is 0 Å². The Kier molecular flexibility index (Phi) is 7.67. The molecule has 5 nitrogen and oxygen atoms in total. The Balaban J connectivity index is 1.46. The van der Waals surface area contributed by atoms with E-state index in [1.807, 2.05) is 17.0 Å². The van der Waals surface area contributed by atoms with Crippen LogP contribution in [0.25, 0.3) is 0 Å². The molecule has 1 aliphatic rings. The fourth-order valence-corrected chi connectivity index (χ4v) is 3.74. The molecule has 0 bridgehead atoms. The second-order valence-corrected chi connectivity index (χ2v) is 7.73. The van der Waals surface area contributed by atoms with Crippen LogP contribution in [0, 0.1) is 6.92 Å². The third-order valence-electron chi connectivity index (χ3n) is 5.75. The van der Waals surface area contributed by atoms with Crippen molar-refractivity contribution in [1.82, 2.24) is 14.7 Å². The third kappa shape index (κ3) is 6.05. The van der Waals surface area contributed by atoms with Crippen molar-refractivity contribution in [3.8, 4) is 5.75 Å². The van der Waals surface area contributed by atoms with E-state index in [0.717, 1.165) is 51.6 Å². The maximum Gasteiger partial charge on any atom is 0.236 e. The molecule has 0 radical (unpaired) electrons. The van der Waals surface area contributed by atoms with Crippen molar-refractivity contribution < 1.29 is 9.53 Å². The average molecular weight is 396 g/mol. The molecule has 1 amide bonds. The van der Waals surface area contributed by atoms with E-state index in [4.69, 9.17) is 4.74 Å². The number of rotatable bonds is 8. The summed E-state index contributed by atoms with van der Waals surface area (Å²) in [6.45, 7) is 10.8. The van der Waals surface area contributed by atoms with Crippen LogP contribution in [0.5, 0.6) is 5.75 Å². The van der Waals surface area contributed by atoms with E-state index in [1.165, 1.54) is 16.7 Å². The van der Waals surface area contributed by atoms with Crippen LogP contribution in [0.3, 0.4) is 0 Å². The highest BCUT2D eigenvalue weighted by atomic mass is 16.5. The summed E-state index contributed by atoms with van der Waals surface area (Å²) in [7, 11) is 1.69. The van der Waals surface area contributed by atoms with Crippen LogP contribution < -0.4 is 4.74 Å². The van der Waals surface area contributed by atoms with Crippen LogP contribution in [0.4, 0.5) is 0 Å². The number of benzene rings is 2. The van der Waals surface area contributed by atoms with Crippen molar-refractivity contribution in [3.63, 3.8) is 0 Å². The average Bonchev–Trinajstić information content (AvgIpc) is 2.75. The molecule has 0 atom stereocenters. The van der Waals surface area contributed by atoms with Gasteiger partial charge >= 0.3 is 0 Å². The Morgan fingerprint density at radius 2 is 1.72 bits per heavy atom. The van der Waals surface area contributed by atoms with Gasteiger partial charge in [-0.05, 0) is 42.3 Å². The lowest BCUT2D eigenvalue weighted by molar-refractivity contribution is -0.134.